The summed E-state index contributed by atoms with van der Waals surface area (Å²) in [4.78, 5) is 11.6. The van der Waals surface area contributed by atoms with Gasteiger partial charge in [0.1, 0.15) is 11.5 Å². The van der Waals surface area contributed by atoms with Crippen LogP contribution in [-0.4, -0.2) is 10.9 Å². The number of hydrogen-bond acceptors (Lipinski definition) is 2. The Morgan fingerprint density at radius 2 is 2.05 bits per heavy atom. The second-order valence-corrected chi connectivity index (χ2v) is 5.45. The Bertz CT molecular complexity index is 688. The van der Waals surface area contributed by atoms with Gasteiger partial charge in [-0.2, -0.15) is 0 Å². The molecule has 2 heteroatoms. The highest BCUT2D eigenvalue weighted by atomic mass is 16.3. The van der Waals surface area contributed by atoms with Gasteiger partial charge in [0, 0.05) is 0 Å². The van der Waals surface area contributed by atoms with Gasteiger partial charge in [-0.15, -0.1) is 0 Å². The van der Waals surface area contributed by atoms with Crippen molar-refractivity contribution in [2.24, 2.45) is 5.92 Å². The second-order valence-electron chi connectivity index (χ2n) is 5.45. The number of benzene rings is 1. The molecule has 2 nitrogen and oxygen atoms in total. The van der Waals surface area contributed by atoms with Crippen molar-refractivity contribution in [3.63, 3.8) is 0 Å². The van der Waals surface area contributed by atoms with Gasteiger partial charge >= 0.3 is 0 Å². The molecule has 1 aromatic rings. The summed E-state index contributed by atoms with van der Waals surface area (Å²) in [7, 11) is 0. The molecule has 0 fully saturated rings. The third-order valence-electron chi connectivity index (χ3n) is 3.79. The van der Waals surface area contributed by atoms with Crippen LogP contribution in [0.15, 0.2) is 59.7 Å². The molecule has 0 bridgehead atoms. The zero-order valence-corrected chi connectivity index (χ0v) is 12.7. The normalized spacial score (nSPS) is 18.6. The van der Waals surface area contributed by atoms with Crippen molar-refractivity contribution in [2.45, 2.75) is 20.8 Å². The Labute approximate surface area is 125 Å². The summed E-state index contributed by atoms with van der Waals surface area (Å²) in [5, 5.41) is 9.61. The van der Waals surface area contributed by atoms with Crippen molar-refractivity contribution in [2.75, 3.05) is 0 Å². The summed E-state index contributed by atoms with van der Waals surface area (Å²) in [6, 6.07) is 5.30. The largest absolute Gasteiger partial charge is 0.508 e. The molecule has 0 radical (unpaired) electrons. The Balaban J connectivity index is 2.37. The maximum absolute atomic E-state index is 11.6. The highest BCUT2D eigenvalue weighted by Gasteiger charge is 2.20. The molecular formula is C19H20O2. The molecule has 1 aliphatic carbocycles. The molecule has 1 unspecified atom stereocenters. The quantitative estimate of drug-likeness (QED) is 0.893. The van der Waals surface area contributed by atoms with Gasteiger partial charge in [-0.05, 0) is 60.8 Å². The van der Waals surface area contributed by atoms with Crippen LogP contribution in [0.4, 0.5) is 0 Å². The summed E-state index contributed by atoms with van der Waals surface area (Å²) < 4.78 is 0. The van der Waals surface area contributed by atoms with Gasteiger partial charge in [0.2, 0.25) is 0 Å². The van der Waals surface area contributed by atoms with Crippen LogP contribution >= 0.6 is 0 Å². The molecule has 0 aromatic heterocycles. The molecule has 21 heavy (non-hydrogen) atoms. The molecular weight excluding hydrogens is 260 g/mol. The number of aromatic hydroxyl groups is 1. The summed E-state index contributed by atoms with van der Waals surface area (Å²) in [5.74, 6) is 0.111. The summed E-state index contributed by atoms with van der Waals surface area (Å²) in [6.07, 6.45) is 7.78. The van der Waals surface area contributed by atoms with Gasteiger partial charge < -0.3 is 5.11 Å². The van der Waals surface area contributed by atoms with Crippen LogP contribution in [0.3, 0.4) is 0 Å². The first-order chi connectivity index (χ1) is 9.90. The second kappa shape index (κ2) is 5.96. The van der Waals surface area contributed by atoms with Gasteiger partial charge in [-0.3, -0.25) is 4.79 Å². The molecule has 108 valence electrons. The van der Waals surface area contributed by atoms with E-state index in [0.29, 0.717) is 0 Å². The minimum absolute atomic E-state index is 0.100. The molecule has 0 spiro atoms. The van der Waals surface area contributed by atoms with Crippen LogP contribution in [0.2, 0.25) is 0 Å². The number of rotatable bonds is 3. The van der Waals surface area contributed by atoms with E-state index < -0.39 is 0 Å². The van der Waals surface area contributed by atoms with Gasteiger partial charge in [0.25, 0.3) is 0 Å². The Morgan fingerprint density at radius 3 is 2.71 bits per heavy atom. The van der Waals surface area contributed by atoms with Gasteiger partial charge in [-0.1, -0.05) is 36.9 Å². The van der Waals surface area contributed by atoms with E-state index in [2.05, 4.69) is 6.58 Å². The zero-order chi connectivity index (χ0) is 15.6. The van der Waals surface area contributed by atoms with Crippen LogP contribution in [-0.2, 0) is 4.79 Å². The first kappa shape index (κ1) is 15.0. The number of ketones is 1. The summed E-state index contributed by atoms with van der Waals surface area (Å²) in [5.41, 5.74) is 4.91. The third kappa shape index (κ3) is 3.22. The fourth-order valence-electron chi connectivity index (χ4n) is 2.51. The van der Waals surface area contributed by atoms with Crippen LogP contribution in [0, 0.1) is 12.8 Å². The first-order valence-electron chi connectivity index (χ1n) is 6.96. The van der Waals surface area contributed by atoms with Crippen molar-refractivity contribution in [1.29, 1.82) is 0 Å². The van der Waals surface area contributed by atoms with Gasteiger partial charge in [0.15, 0.2) is 0 Å². The van der Waals surface area contributed by atoms with Crippen LogP contribution in [0.25, 0.3) is 6.08 Å². The lowest BCUT2D eigenvalue weighted by atomic mass is 9.83. The van der Waals surface area contributed by atoms with E-state index in [-0.39, 0.29) is 17.5 Å². The number of phenolic OH excluding ortho intramolecular Hbond substituents is 1. The topological polar surface area (TPSA) is 37.3 Å². The number of hydrogen-bond donors (Lipinski definition) is 1. The highest BCUT2D eigenvalue weighted by molar-refractivity contribution is 5.86. The van der Waals surface area contributed by atoms with Crippen molar-refractivity contribution < 1.29 is 9.90 Å². The molecule has 1 aromatic carbocycles. The van der Waals surface area contributed by atoms with Crippen molar-refractivity contribution >= 4 is 11.9 Å². The zero-order valence-electron chi connectivity index (χ0n) is 12.7. The fraction of sp³-hybridized carbons (Fsp3) is 0.211. The highest BCUT2D eigenvalue weighted by Crippen LogP contribution is 2.31. The predicted octanol–water partition coefficient (Wildman–Crippen LogP) is 4.36. The molecule has 1 N–H and O–H groups in total. The van der Waals surface area contributed by atoms with E-state index in [1.807, 2.05) is 44.2 Å². The van der Waals surface area contributed by atoms with E-state index in [9.17, 15) is 9.90 Å². The molecule has 0 saturated heterocycles. The van der Waals surface area contributed by atoms with Gasteiger partial charge in [0.05, 0.1) is 5.92 Å². The molecule has 0 amide bonds. The van der Waals surface area contributed by atoms with E-state index in [4.69, 9.17) is 0 Å². The minimum Gasteiger partial charge on any atom is -0.508 e. The average Bonchev–Trinajstić information content (AvgIpc) is 2.42. The van der Waals surface area contributed by atoms with E-state index in [1.165, 1.54) is 0 Å². The smallest absolute Gasteiger partial charge is 0.141 e. The standard InChI is InChI=1S/C19H20O2/c1-12-8-9-17(21)11-16(12)10-13(2)18-6-5-7-19(14(18)3)15(4)20/h5-11,19,21H,3H2,1-2,4H3. The summed E-state index contributed by atoms with van der Waals surface area (Å²) in [6.45, 7) is 9.65. The lowest BCUT2D eigenvalue weighted by molar-refractivity contribution is -0.118. The number of carbonyl (C=O) groups excluding carboxylic acids is 1. The lowest BCUT2D eigenvalue weighted by Crippen LogP contribution is -2.14. The fourth-order valence-corrected chi connectivity index (χ4v) is 2.51. The van der Waals surface area contributed by atoms with Crippen LogP contribution in [0.1, 0.15) is 25.0 Å². The van der Waals surface area contributed by atoms with E-state index >= 15 is 0 Å². The molecule has 1 atom stereocenters. The predicted molar refractivity (Wildman–Crippen MR) is 87.0 cm³/mol. The number of phenols is 1. The summed E-state index contributed by atoms with van der Waals surface area (Å²) >= 11 is 0. The van der Waals surface area contributed by atoms with E-state index in [0.717, 1.165) is 27.8 Å². The Hall–Kier alpha value is -2.35. The number of Topliss-reactive ketones (excluding diaryl/α,β-unsaturated/α-hetero) is 1. The van der Waals surface area contributed by atoms with Crippen molar-refractivity contribution in [3.8, 4) is 5.75 Å². The number of carbonyl (C=O) groups is 1. The average molecular weight is 280 g/mol. The first-order valence-corrected chi connectivity index (χ1v) is 6.96. The minimum atomic E-state index is -0.237. The monoisotopic (exact) mass is 280 g/mol. The van der Waals surface area contributed by atoms with Crippen LogP contribution in [0.5, 0.6) is 5.75 Å². The number of aryl methyl sites for hydroxylation is 1. The molecule has 0 aliphatic heterocycles. The molecule has 0 heterocycles. The van der Waals surface area contributed by atoms with E-state index in [1.54, 1.807) is 19.1 Å². The van der Waals surface area contributed by atoms with Gasteiger partial charge in [-0.25, -0.2) is 0 Å². The van der Waals surface area contributed by atoms with Crippen LogP contribution < -0.4 is 0 Å². The molecule has 0 saturated carbocycles. The lowest BCUT2D eigenvalue weighted by Gasteiger charge is -2.20. The molecule has 2 rings (SSSR count). The third-order valence-corrected chi connectivity index (χ3v) is 3.79. The SMILES string of the molecule is C=C1C(C(C)=Cc2cc(O)ccc2C)=CC=CC1C(C)=O. The Morgan fingerprint density at radius 1 is 1.33 bits per heavy atom. The number of allylic oxidation sites excluding steroid dienone is 6. The van der Waals surface area contributed by atoms with Crippen molar-refractivity contribution in [1.82, 2.24) is 0 Å². The molecule has 1 aliphatic rings. The maximum Gasteiger partial charge on any atom is 0.141 e. The van der Waals surface area contributed by atoms with Crippen molar-refractivity contribution in [3.05, 3.63) is 70.9 Å². The Kier molecular flexibility index (Phi) is 4.27. The maximum atomic E-state index is 11.6.